The molecular weight excluding hydrogens is 256 g/mol. The summed E-state index contributed by atoms with van der Waals surface area (Å²) in [5.74, 6) is 6.24. The Morgan fingerprint density at radius 2 is 2.33 bits per heavy atom. The van der Waals surface area contributed by atoms with Crippen molar-refractivity contribution in [2.45, 2.75) is 26.3 Å². The number of aryl methyl sites for hydroxylation is 1. The van der Waals surface area contributed by atoms with Crippen LogP contribution in [0.15, 0.2) is 10.7 Å². The lowest BCUT2D eigenvalue weighted by molar-refractivity contribution is 0.401. The summed E-state index contributed by atoms with van der Waals surface area (Å²) in [5.41, 5.74) is 4.43. The maximum Gasteiger partial charge on any atom is 0.0708 e. The second kappa shape index (κ2) is 3.57. The lowest BCUT2D eigenvalue weighted by atomic mass is 10.0. The molecule has 84 valence electrons. The molecule has 4 nitrogen and oxygen atoms in total. The highest BCUT2D eigenvalue weighted by Crippen LogP contribution is 2.57. The second-order valence-corrected chi connectivity index (χ2v) is 5.80. The van der Waals surface area contributed by atoms with Crippen molar-refractivity contribution < 1.29 is 0 Å². The molecule has 1 aromatic heterocycles. The Hall–Kier alpha value is -0.390. The van der Waals surface area contributed by atoms with Crippen LogP contribution in [0.1, 0.15) is 32.0 Å². The Kier molecular flexibility index (Phi) is 2.65. The van der Waals surface area contributed by atoms with Crippen LogP contribution in [-0.2, 0) is 7.05 Å². The number of hydrogen-bond donors (Lipinski definition) is 2. The zero-order chi connectivity index (χ0) is 11.2. The van der Waals surface area contributed by atoms with E-state index in [1.165, 1.54) is 6.42 Å². The molecule has 0 aliphatic heterocycles. The Morgan fingerprint density at radius 3 is 2.67 bits per heavy atom. The van der Waals surface area contributed by atoms with Crippen LogP contribution in [-0.4, -0.2) is 9.78 Å². The van der Waals surface area contributed by atoms with Crippen molar-refractivity contribution >= 4 is 15.9 Å². The number of hydrazine groups is 1. The van der Waals surface area contributed by atoms with E-state index in [4.69, 9.17) is 5.84 Å². The van der Waals surface area contributed by atoms with Crippen molar-refractivity contribution in [2.75, 3.05) is 0 Å². The summed E-state index contributed by atoms with van der Waals surface area (Å²) >= 11 is 3.51. The predicted molar refractivity (Wildman–Crippen MR) is 62.9 cm³/mol. The van der Waals surface area contributed by atoms with E-state index in [0.29, 0.717) is 11.3 Å². The second-order valence-electron chi connectivity index (χ2n) is 4.94. The molecule has 1 fully saturated rings. The van der Waals surface area contributed by atoms with Crippen molar-refractivity contribution in [3.8, 4) is 0 Å². The normalized spacial score (nSPS) is 25.3. The lowest BCUT2D eigenvalue weighted by Gasteiger charge is -2.18. The van der Waals surface area contributed by atoms with Gasteiger partial charge in [-0.1, -0.05) is 13.8 Å². The Bertz CT molecular complexity index is 352. The van der Waals surface area contributed by atoms with Crippen LogP contribution in [0, 0.1) is 11.3 Å². The van der Waals surface area contributed by atoms with Crippen LogP contribution in [0.25, 0.3) is 0 Å². The third-order valence-electron chi connectivity index (χ3n) is 3.40. The van der Waals surface area contributed by atoms with Crippen LogP contribution in [0.2, 0.25) is 0 Å². The fourth-order valence-electron chi connectivity index (χ4n) is 2.23. The van der Waals surface area contributed by atoms with Gasteiger partial charge in [0.1, 0.15) is 0 Å². The molecule has 0 spiro atoms. The maximum absolute atomic E-state index is 5.65. The highest BCUT2D eigenvalue weighted by atomic mass is 79.9. The molecule has 0 bridgehead atoms. The first-order valence-corrected chi connectivity index (χ1v) is 5.90. The first-order valence-electron chi connectivity index (χ1n) is 5.11. The van der Waals surface area contributed by atoms with Crippen LogP contribution in [0.5, 0.6) is 0 Å². The SMILES string of the molecule is Cn1ncc(Br)c1C(NN)C1CC1(C)C. The van der Waals surface area contributed by atoms with Crippen molar-refractivity contribution in [3.05, 3.63) is 16.4 Å². The van der Waals surface area contributed by atoms with Crippen molar-refractivity contribution in [3.63, 3.8) is 0 Å². The summed E-state index contributed by atoms with van der Waals surface area (Å²) < 4.78 is 2.90. The zero-order valence-electron chi connectivity index (χ0n) is 9.29. The lowest BCUT2D eigenvalue weighted by Crippen LogP contribution is -2.32. The fourth-order valence-corrected chi connectivity index (χ4v) is 2.83. The molecule has 2 unspecified atom stereocenters. The first kappa shape index (κ1) is 11.1. The van der Waals surface area contributed by atoms with Gasteiger partial charge in [-0.05, 0) is 33.7 Å². The van der Waals surface area contributed by atoms with Gasteiger partial charge in [0.2, 0.25) is 0 Å². The summed E-state index contributed by atoms with van der Waals surface area (Å²) in [6, 6.07) is 0.182. The van der Waals surface area contributed by atoms with Gasteiger partial charge in [0.05, 0.1) is 22.4 Å². The van der Waals surface area contributed by atoms with E-state index >= 15 is 0 Å². The molecule has 0 amide bonds. The zero-order valence-corrected chi connectivity index (χ0v) is 10.9. The third kappa shape index (κ3) is 1.84. The Labute approximate surface area is 98.3 Å². The van der Waals surface area contributed by atoms with Gasteiger partial charge >= 0.3 is 0 Å². The molecular formula is C10H17BrN4. The van der Waals surface area contributed by atoms with Crippen LogP contribution in [0.3, 0.4) is 0 Å². The van der Waals surface area contributed by atoms with E-state index in [1.54, 1.807) is 0 Å². The number of nitrogens with zero attached hydrogens (tertiary/aromatic N) is 2. The minimum absolute atomic E-state index is 0.182. The molecule has 1 aliphatic carbocycles. The minimum Gasteiger partial charge on any atom is -0.271 e. The summed E-state index contributed by atoms with van der Waals surface area (Å²) in [6.07, 6.45) is 3.02. The smallest absolute Gasteiger partial charge is 0.0708 e. The van der Waals surface area contributed by atoms with Gasteiger partial charge in [0, 0.05) is 7.05 Å². The monoisotopic (exact) mass is 272 g/mol. The van der Waals surface area contributed by atoms with Gasteiger partial charge in [0.25, 0.3) is 0 Å². The summed E-state index contributed by atoms with van der Waals surface area (Å²) in [7, 11) is 1.94. The van der Waals surface area contributed by atoms with Crippen LogP contribution >= 0.6 is 15.9 Å². The van der Waals surface area contributed by atoms with Gasteiger partial charge in [0.15, 0.2) is 0 Å². The molecule has 3 N–H and O–H groups in total. The van der Waals surface area contributed by atoms with E-state index in [-0.39, 0.29) is 6.04 Å². The Morgan fingerprint density at radius 1 is 1.73 bits per heavy atom. The molecule has 2 rings (SSSR count). The summed E-state index contributed by atoms with van der Waals surface area (Å²) in [4.78, 5) is 0. The molecule has 1 heterocycles. The van der Waals surface area contributed by atoms with E-state index in [0.717, 1.165) is 10.2 Å². The van der Waals surface area contributed by atoms with E-state index < -0.39 is 0 Å². The van der Waals surface area contributed by atoms with Crippen molar-refractivity contribution in [2.24, 2.45) is 24.2 Å². The standard InChI is InChI=1S/C10H17BrN4/c1-10(2)4-6(10)8(14-12)9-7(11)5-13-15(9)3/h5-6,8,14H,4,12H2,1-3H3. The van der Waals surface area contributed by atoms with Gasteiger partial charge in [-0.15, -0.1) is 0 Å². The van der Waals surface area contributed by atoms with Gasteiger partial charge in [-0.2, -0.15) is 5.10 Å². The number of rotatable bonds is 3. The molecule has 1 aliphatic rings. The molecule has 0 radical (unpaired) electrons. The maximum atomic E-state index is 5.65. The quantitative estimate of drug-likeness (QED) is 0.651. The number of halogens is 1. The molecule has 15 heavy (non-hydrogen) atoms. The number of nitrogens with one attached hydrogen (secondary N) is 1. The van der Waals surface area contributed by atoms with Gasteiger partial charge < -0.3 is 0 Å². The summed E-state index contributed by atoms with van der Waals surface area (Å²) in [6.45, 7) is 4.54. The fraction of sp³-hybridized carbons (Fsp3) is 0.700. The van der Waals surface area contributed by atoms with E-state index in [1.807, 2.05) is 17.9 Å². The number of hydrogen-bond acceptors (Lipinski definition) is 3. The minimum atomic E-state index is 0.182. The Balaban J connectivity index is 2.28. The average molecular weight is 273 g/mol. The average Bonchev–Trinajstić information content (AvgIpc) is 2.66. The molecule has 1 saturated carbocycles. The van der Waals surface area contributed by atoms with Crippen molar-refractivity contribution in [1.29, 1.82) is 0 Å². The van der Waals surface area contributed by atoms with Crippen LogP contribution in [0.4, 0.5) is 0 Å². The molecule has 1 aromatic rings. The highest BCUT2D eigenvalue weighted by Gasteiger charge is 2.51. The van der Waals surface area contributed by atoms with Gasteiger partial charge in [-0.3, -0.25) is 16.0 Å². The molecule has 2 atom stereocenters. The predicted octanol–water partition coefficient (Wildman–Crippen LogP) is 1.73. The first-order chi connectivity index (χ1) is 6.97. The molecule has 0 aromatic carbocycles. The van der Waals surface area contributed by atoms with Crippen LogP contribution < -0.4 is 11.3 Å². The van der Waals surface area contributed by atoms with E-state index in [2.05, 4.69) is 40.3 Å². The third-order valence-corrected chi connectivity index (χ3v) is 4.01. The largest absolute Gasteiger partial charge is 0.271 e. The summed E-state index contributed by atoms with van der Waals surface area (Å²) in [5, 5.41) is 4.22. The molecule has 5 heteroatoms. The highest BCUT2D eigenvalue weighted by molar-refractivity contribution is 9.10. The number of nitrogens with two attached hydrogens (primary N) is 1. The van der Waals surface area contributed by atoms with Gasteiger partial charge in [-0.25, -0.2) is 0 Å². The number of aromatic nitrogens is 2. The topological polar surface area (TPSA) is 55.9 Å². The molecule has 0 saturated heterocycles. The van der Waals surface area contributed by atoms with Crippen molar-refractivity contribution in [1.82, 2.24) is 15.2 Å². The van der Waals surface area contributed by atoms with E-state index in [9.17, 15) is 0 Å².